The monoisotopic (exact) mass is 310 g/mol. The Balaban J connectivity index is 1.66. The fourth-order valence-corrected chi connectivity index (χ4v) is 2.74. The number of thiophene rings is 1. The van der Waals surface area contributed by atoms with E-state index in [1.807, 2.05) is 49.4 Å². The Morgan fingerprint density at radius 2 is 2.09 bits per heavy atom. The second kappa shape index (κ2) is 6.36. The molecule has 5 nitrogen and oxygen atoms in total. The van der Waals surface area contributed by atoms with Crippen LogP contribution in [0.1, 0.15) is 20.9 Å². The third-order valence-corrected chi connectivity index (χ3v) is 4.03. The number of hydrogen-bond acceptors (Lipinski definition) is 4. The van der Waals surface area contributed by atoms with Gasteiger partial charge in [-0.05, 0) is 30.7 Å². The van der Waals surface area contributed by atoms with Gasteiger partial charge in [0, 0.05) is 4.88 Å². The zero-order chi connectivity index (χ0) is 15.4. The molecule has 0 aliphatic rings. The molecule has 0 aliphatic carbocycles. The molecule has 6 heteroatoms. The van der Waals surface area contributed by atoms with E-state index in [2.05, 4.69) is 20.7 Å². The van der Waals surface area contributed by atoms with Crippen molar-refractivity contribution in [3.05, 3.63) is 64.7 Å². The highest BCUT2D eigenvalue weighted by Gasteiger charge is 2.11. The molecule has 0 saturated carbocycles. The van der Waals surface area contributed by atoms with Crippen molar-refractivity contribution in [2.45, 2.75) is 6.92 Å². The highest BCUT2D eigenvalue weighted by Crippen LogP contribution is 2.26. The molecular formula is C16H14N4OS. The zero-order valence-electron chi connectivity index (χ0n) is 11.9. The number of nitrogens with one attached hydrogen (secondary N) is 2. The molecular weight excluding hydrogens is 296 g/mol. The van der Waals surface area contributed by atoms with Gasteiger partial charge in [0.15, 0.2) is 5.69 Å². The van der Waals surface area contributed by atoms with E-state index in [1.54, 1.807) is 23.6 Å². The molecule has 0 spiro atoms. The van der Waals surface area contributed by atoms with E-state index < -0.39 is 0 Å². The first kappa shape index (κ1) is 14.2. The van der Waals surface area contributed by atoms with Gasteiger partial charge in [-0.2, -0.15) is 10.2 Å². The summed E-state index contributed by atoms with van der Waals surface area (Å²) in [4.78, 5) is 14.2. The number of amides is 1. The van der Waals surface area contributed by atoms with E-state index in [4.69, 9.17) is 0 Å². The minimum Gasteiger partial charge on any atom is -0.276 e. The molecule has 2 heterocycles. The van der Waals surface area contributed by atoms with Gasteiger partial charge in [-0.15, -0.1) is 11.3 Å². The molecule has 0 radical (unpaired) electrons. The summed E-state index contributed by atoms with van der Waals surface area (Å²) in [7, 11) is 0. The smallest absolute Gasteiger partial charge is 0.276 e. The average molecular weight is 310 g/mol. The van der Waals surface area contributed by atoms with Gasteiger partial charge in [-0.3, -0.25) is 9.89 Å². The summed E-state index contributed by atoms with van der Waals surface area (Å²) in [6, 6.07) is 15.3. The van der Waals surface area contributed by atoms with Gasteiger partial charge in [0.1, 0.15) is 0 Å². The summed E-state index contributed by atoms with van der Waals surface area (Å²) in [6.45, 7) is 2.04. The summed E-state index contributed by atoms with van der Waals surface area (Å²) < 4.78 is 0. The van der Waals surface area contributed by atoms with Gasteiger partial charge >= 0.3 is 0 Å². The van der Waals surface area contributed by atoms with Gasteiger partial charge in [0.25, 0.3) is 5.91 Å². The van der Waals surface area contributed by atoms with Gasteiger partial charge < -0.3 is 0 Å². The van der Waals surface area contributed by atoms with Gasteiger partial charge in [-0.1, -0.05) is 30.3 Å². The molecule has 0 atom stereocenters. The maximum absolute atomic E-state index is 12.0. The Labute approximate surface area is 131 Å². The Morgan fingerprint density at radius 1 is 1.27 bits per heavy atom. The predicted octanol–water partition coefficient (Wildman–Crippen LogP) is 3.21. The molecule has 2 aromatic heterocycles. The number of hydrogen-bond donors (Lipinski definition) is 2. The molecule has 2 N–H and O–H groups in total. The Bertz CT molecular complexity index is 804. The van der Waals surface area contributed by atoms with Gasteiger partial charge in [0.2, 0.25) is 0 Å². The summed E-state index contributed by atoms with van der Waals surface area (Å²) in [6.07, 6.45) is 1.59. The number of carbonyl (C=O) groups excluding carboxylic acids is 1. The van der Waals surface area contributed by atoms with Crippen molar-refractivity contribution in [3.63, 3.8) is 0 Å². The van der Waals surface area contributed by atoms with Crippen molar-refractivity contribution in [3.8, 4) is 10.6 Å². The molecule has 3 rings (SSSR count). The van der Waals surface area contributed by atoms with Crippen LogP contribution in [0.25, 0.3) is 10.6 Å². The van der Waals surface area contributed by atoms with Gasteiger partial charge in [-0.25, -0.2) is 5.43 Å². The third-order valence-electron chi connectivity index (χ3n) is 3.00. The highest BCUT2D eigenvalue weighted by molar-refractivity contribution is 7.15. The second-order valence-corrected chi connectivity index (χ2v) is 5.97. The van der Waals surface area contributed by atoms with Crippen LogP contribution in [0.15, 0.2) is 53.6 Å². The average Bonchev–Trinajstić information content (AvgIpc) is 3.17. The zero-order valence-corrected chi connectivity index (χ0v) is 12.7. The van der Waals surface area contributed by atoms with Crippen LogP contribution in [0.5, 0.6) is 0 Å². The third kappa shape index (κ3) is 3.29. The molecule has 1 amide bonds. The molecule has 110 valence electrons. The lowest BCUT2D eigenvalue weighted by atomic mass is 10.2. The number of hydrazone groups is 1. The van der Waals surface area contributed by atoms with Crippen LogP contribution in [0.3, 0.4) is 0 Å². The SMILES string of the molecule is Cc1ccc(-c2cc(C(=O)N/N=C\c3ccccc3)n[nH]2)s1. The van der Waals surface area contributed by atoms with Crippen molar-refractivity contribution in [2.75, 3.05) is 0 Å². The van der Waals surface area contributed by atoms with E-state index in [9.17, 15) is 4.79 Å². The Morgan fingerprint density at radius 3 is 2.82 bits per heavy atom. The van der Waals surface area contributed by atoms with Crippen molar-refractivity contribution >= 4 is 23.5 Å². The molecule has 1 aromatic carbocycles. The number of aryl methyl sites for hydroxylation is 1. The van der Waals surface area contributed by atoms with Crippen LogP contribution in [-0.4, -0.2) is 22.3 Å². The van der Waals surface area contributed by atoms with E-state index in [0.29, 0.717) is 5.69 Å². The van der Waals surface area contributed by atoms with Crippen LogP contribution in [0, 0.1) is 6.92 Å². The summed E-state index contributed by atoms with van der Waals surface area (Å²) >= 11 is 1.65. The normalized spacial score (nSPS) is 11.0. The minimum absolute atomic E-state index is 0.311. The fraction of sp³-hybridized carbons (Fsp3) is 0.0625. The molecule has 22 heavy (non-hydrogen) atoms. The standard InChI is InChI=1S/C16H14N4OS/c1-11-7-8-15(22-11)13-9-14(19-18-13)16(21)20-17-10-12-5-3-2-4-6-12/h2-10H,1H3,(H,18,19)(H,20,21)/b17-10-. The van der Waals surface area contributed by atoms with E-state index in [1.165, 1.54) is 4.88 Å². The number of nitrogens with zero attached hydrogens (tertiary/aromatic N) is 2. The predicted molar refractivity (Wildman–Crippen MR) is 88.1 cm³/mol. The van der Waals surface area contributed by atoms with Crippen LogP contribution in [0.2, 0.25) is 0 Å². The highest BCUT2D eigenvalue weighted by atomic mass is 32.1. The van der Waals surface area contributed by atoms with Crippen molar-refractivity contribution in [2.24, 2.45) is 5.10 Å². The molecule has 3 aromatic rings. The van der Waals surface area contributed by atoms with Crippen molar-refractivity contribution < 1.29 is 4.79 Å². The van der Waals surface area contributed by atoms with Crippen LogP contribution in [-0.2, 0) is 0 Å². The Hall–Kier alpha value is -2.73. The number of aromatic nitrogens is 2. The molecule has 0 bridgehead atoms. The Kier molecular flexibility index (Phi) is 4.11. The van der Waals surface area contributed by atoms with E-state index >= 15 is 0 Å². The number of rotatable bonds is 4. The molecule has 0 unspecified atom stereocenters. The van der Waals surface area contributed by atoms with Crippen LogP contribution in [0.4, 0.5) is 0 Å². The number of aromatic amines is 1. The van der Waals surface area contributed by atoms with E-state index in [-0.39, 0.29) is 5.91 Å². The van der Waals surface area contributed by atoms with Crippen LogP contribution < -0.4 is 5.43 Å². The molecule has 0 aliphatic heterocycles. The second-order valence-electron chi connectivity index (χ2n) is 4.69. The fourth-order valence-electron chi connectivity index (χ4n) is 1.91. The summed E-state index contributed by atoms with van der Waals surface area (Å²) in [5.74, 6) is -0.344. The van der Waals surface area contributed by atoms with Gasteiger partial charge in [0.05, 0.1) is 16.8 Å². The number of H-pyrrole nitrogens is 1. The summed E-state index contributed by atoms with van der Waals surface area (Å²) in [5, 5.41) is 10.8. The maximum atomic E-state index is 12.0. The minimum atomic E-state index is -0.344. The van der Waals surface area contributed by atoms with E-state index in [0.717, 1.165) is 16.1 Å². The summed E-state index contributed by atoms with van der Waals surface area (Å²) in [5.41, 5.74) is 4.53. The van der Waals surface area contributed by atoms with Crippen molar-refractivity contribution in [1.29, 1.82) is 0 Å². The first-order chi connectivity index (χ1) is 10.7. The quantitative estimate of drug-likeness (QED) is 0.574. The molecule has 0 fully saturated rings. The lowest BCUT2D eigenvalue weighted by Gasteiger charge is -1.94. The van der Waals surface area contributed by atoms with Crippen molar-refractivity contribution in [1.82, 2.24) is 15.6 Å². The lowest BCUT2D eigenvalue weighted by Crippen LogP contribution is -2.17. The number of benzene rings is 1. The largest absolute Gasteiger partial charge is 0.291 e. The topological polar surface area (TPSA) is 70.1 Å². The first-order valence-electron chi connectivity index (χ1n) is 6.73. The molecule has 0 saturated heterocycles. The van der Waals surface area contributed by atoms with Crippen LogP contribution >= 0.6 is 11.3 Å². The number of carbonyl (C=O) groups is 1. The first-order valence-corrected chi connectivity index (χ1v) is 7.55. The maximum Gasteiger partial charge on any atom is 0.291 e. The lowest BCUT2D eigenvalue weighted by molar-refractivity contribution is 0.0950.